The molecular weight excluding hydrogens is 252 g/mol. The van der Waals surface area contributed by atoms with Crippen LogP contribution in [0.15, 0.2) is 12.4 Å². The molecule has 0 spiro atoms. The van der Waals surface area contributed by atoms with Gasteiger partial charge in [-0.05, 0) is 32.9 Å². The van der Waals surface area contributed by atoms with Crippen LogP contribution >= 0.6 is 0 Å². The van der Waals surface area contributed by atoms with Gasteiger partial charge >= 0.3 is 0 Å². The van der Waals surface area contributed by atoms with Crippen molar-refractivity contribution >= 4 is 0 Å². The number of nitrogens with one attached hydrogen (secondary N) is 1. The molecule has 1 aromatic rings. The SMILES string of the molecule is CCCn1cc(C(NC)C2CN3CCCC3CO2)cn1. The third-order valence-electron chi connectivity index (χ3n) is 4.56. The molecule has 3 unspecified atom stereocenters. The van der Waals surface area contributed by atoms with Crippen LogP contribution in [0.3, 0.4) is 0 Å². The van der Waals surface area contributed by atoms with E-state index in [9.17, 15) is 0 Å². The van der Waals surface area contributed by atoms with E-state index in [4.69, 9.17) is 4.74 Å². The Morgan fingerprint density at radius 1 is 1.55 bits per heavy atom. The predicted molar refractivity (Wildman–Crippen MR) is 78.7 cm³/mol. The highest BCUT2D eigenvalue weighted by Gasteiger charge is 2.36. The fourth-order valence-corrected chi connectivity index (χ4v) is 3.50. The number of aryl methyl sites for hydroxylation is 1. The first-order valence-corrected chi connectivity index (χ1v) is 7.87. The van der Waals surface area contributed by atoms with Crippen molar-refractivity contribution in [2.24, 2.45) is 0 Å². The summed E-state index contributed by atoms with van der Waals surface area (Å²) < 4.78 is 8.16. The van der Waals surface area contributed by atoms with Gasteiger partial charge in [0.25, 0.3) is 0 Å². The summed E-state index contributed by atoms with van der Waals surface area (Å²) in [6.45, 7) is 6.31. The Bertz CT molecular complexity index is 433. The van der Waals surface area contributed by atoms with E-state index < -0.39 is 0 Å². The third kappa shape index (κ3) is 2.75. The molecule has 5 heteroatoms. The van der Waals surface area contributed by atoms with Gasteiger partial charge in [0.1, 0.15) is 0 Å². The van der Waals surface area contributed by atoms with Crippen LogP contribution in [0.25, 0.3) is 0 Å². The first-order valence-electron chi connectivity index (χ1n) is 7.87. The van der Waals surface area contributed by atoms with E-state index in [1.54, 1.807) is 0 Å². The summed E-state index contributed by atoms with van der Waals surface area (Å²) in [7, 11) is 2.02. The number of aromatic nitrogens is 2. The van der Waals surface area contributed by atoms with Gasteiger partial charge in [-0.3, -0.25) is 9.58 Å². The first-order chi connectivity index (χ1) is 9.81. The molecule has 3 heterocycles. The lowest BCUT2D eigenvalue weighted by molar-refractivity contribution is -0.0642. The van der Waals surface area contributed by atoms with Crippen LogP contribution in [0.1, 0.15) is 37.8 Å². The number of hydrogen-bond acceptors (Lipinski definition) is 4. The van der Waals surface area contributed by atoms with Crippen molar-refractivity contribution in [3.8, 4) is 0 Å². The second-order valence-electron chi connectivity index (χ2n) is 5.97. The van der Waals surface area contributed by atoms with E-state index >= 15 is 0 Å². The molecule has 2 aliphatic rings. The Balaban J connectivity index is 1.68. The van der Waals surface area contributed by atoms with E-state index in [1.807, 2.05) is 17.9 Å². The maximum Gasteiger partial charge on any atom is 0.0898 e. The second kappa shape index (κ2) is 6.24. The average Bonchev–Trinajstić information content (AvgIpc) is 3.09. The summed E-state index contributed by atoms with van der Waals surface area (Å²) >= 11 is 0. The van der Waals surface area contributed by atoms with Crippen molar-refractivity contribution in [2.45, 2.75) is 50.9 Å². The van der Waals surface area contributed by atoms with E-state index in [2.05, 4.69) is 28.4 Å². The van der Waals surface area contributed by atoms with Gasteiger partial charge in [-0.25, -0.2) is 0 Å². The summed E-state index contributed by atoms with van der Waals surface area (Å²) in [6.07, 6.45) is 8.10. The molecular formula is C15H26N4O. The molecule has 0 bridgehead atoms. The van der Waals surface area contributed by atoms with E-state index in [-0.39, 0.29) is 12.1 Å². The van der Waals surface area contributed by atoms with Crippen LogP contribution in [0.2, 0.25) is 0 Å². The molecule has 2 saturated heterocycles. The lowest BCUT2D eigenvalue weighted by Crippen LogP contribution is -2.50. The summed E-state index contributed by atoms with van der Waals surface area (Å²) in [5, 5.41) is 7.86. The number of nitrogens with zero attached hydrogens (tertiary/aromatic N) is 3. The Kier molecular flexibility index (Phi) is 4.38. The highest BCUT2D eigenvalue weighted by molar-refractivity contribution is 5.13. The smallest absolute Gasteiger partial charge is 0.0898 e. The maximum atomic E-state index is 6.13. The Morgan fingerprint density at radius 3 is 3.25 bits per heavy atom. The molecule has 1 aromatic heterocycles. The van der Waals surface area contributed by atoms with Crippen molar-refractivity contribution in [1.82, 2.24) is 20.0 Å². The van der Waals surface area contributed by atoms with Crippen LogP contribution in [0.5, 0.6) is 0 Å². The molecule has 3 rings (SSSR count). The van der Waals surface area contributed by atoms with Gasteiger partial charge in [-0.2, -0.15) is 5.10 Å². The minimum Gasteiger partial charge on any atom is -0.373 e. The molecule has 2 fully saturated rings. The van der Waals surface area contributed by atoms with Crippen LogP contribution in [0.4, 0.5) is 0 Å². The van der Waals surface area contributed by atoms with E-state index in [1.165, 1.54) is 24.9 Å². The van der Waals surface area contributed by atoms with Gasteiger partial charge in [-0.1, -0.05) is 6.92 Å². The summed E-state index contributed by atoms with van der Waals surface area (Å²) in [6, 6.07) is 0.897. The van der Waals surface area contributed by atoms with Crippen LogP contribution in [-0.2, 0) is 11.3 Å². The van der Waals surface area contributed by atoms with Crippen molar-refractivity contribution in [3.63, 3.8) is 0 Å². The zero-order valence-electron chi connectivity index (χ0n) is 12.6. The van der Waals surface area contributed by atoms with Gasteiger partial charge < -0.3 is 10.1 Å². The molecule has 20 heavy (non-hydrogen) atoms. The van der Waals surface area contributed by atoms with Gasteiger partial charge in [0.2, 0.25) is 0 Å². The lowest BCUT2D eigenvalue weighted by atomic mass is 10.0. The predicted octanol–water partition coefficient (Wildman–Crippen LogP) is 1.42. The fourth-order valence-electron chi connectivity index (χ4n) is 3.50. The summed E-state index contributed by atoms with van der Waals surface area (Å²) in [5.74, 6) is 0. The topological polar surface area (TPSA) is 42.3 Å². The molecule has 0 saturated carbocycles. The normalized spacial score (nSPS) is 28.5. The second-order valence-corrected chi connectivity index (χ2v) is 5.97. The van der Waals surface area contributed by atoms with Gasteiger partial charge in [-0.15, -0.1) is 0 Å². The van der Waals surface area contributed by atoms with Crippen molar-refractivity contribution < 1.29 is 4.74 Å². The highest BCUT2D eigenvalue weighted by atomic mass is 16.5. The van der Waals surface area contributed by atoms with Crippen LogP contribution < -0.4 is 5.32 Å². The van der Waals surface area contributed by atoms with Crippen molar-refractivity contribution in [3.05, 3.63) is 18.0 Å². The third-order valence-corrected chi connectivity index (χ3v) is 4.56. The first kappa shape index (κ1) is 14.0. The Hall–Kier alpha value is -0.910. The van der Waals surface area contributed by atoms with Gasteiger partial charge in [0.05, 0.1) is 24.9 Å². The average molecular weight is 278 g/mol. The number of fused-ring (bicyclic) bond motifs is 1. The van der Waals surface area contributed by atoms with E-state index in [0.717, 1.165) is 26.1 Å². The minimum atomic E-state index is 0.230. The number of hydrogen-bond donors (Lipinski definition) is 1. The van der Waals surface area contributed by atoms with Gasteiger partial charge in [0.15, 0.2) is 0 Å². The van der Waals surface area contributed by atoms with Crippen LogP contribution in [-0.4, -0.2) is 53.6 Å². The summed E-state index contributed by atoms with van der Waals surface area (Å²) in [5.41, 5.74) is 1.24. The molecule has 0 amide bonds. The van der Waals surface area contributed by atoms with Gasteiger partial charge in [0, 0.05) is 30.9 Å². The zero-order chi connectivity index (χ0) is 13.9. The highest BCUT2D eigenvalue weighted by Crippen LogP contribution is 2.28. The Labute approximate surface area is 121 Å². The van der Waals surface area contributed by atoms with E-state index in [0.29, 0.717) is 6.04 Å². The molecule has 0 radical (unpaired) electrons. The number of morpholine rings is 1. The molecule has 1 N–H and O–H groups in total. The van der Waals surface area contributed by atoms with Crippen molar-refractivity contribution in [2.75, 3.05) is 26.7 Å². The van der Waals surface area contributed by atoms with Crippen LogP contribution in [0, 0.1) is 0 Å². The Morgan fingerprint density at radius 2 is 2.45 bits per heavy atom. The summed E-state index contributed by atoms with van der Waals surface area (Å²) in [4.78, 5) is 2.59. The standard InChI is InChI=1S/C15H26N4O/c1-3-6-19-9-12(8-17-19)15(16-2)14-10-18-7-4-5-13(18)11-20-14/h8-9,13-16H,3-7,10-11H2,1-2H3. The monoisotopic (exact) mass is 278 g/mol. The molecule has 2 aliphatic heterocycles. The minimum absolute atomic E-state index is 0.230. The molecule has 112 valence electrons. The number of likely N-dealkylation sites (N-methyl/N-ethyl adjacent to an activating group) is 1. The molecule has 5 nitrogen and oxygen atoms in total. The zero-order valence-corrected chi connectivity index (χ0v) is 12.6. The largest absolute Gasteiger partial charge is 0.373 e. The van der Waals surface area contributed by atoms with Crippen molar-refractivity contribution in [1.29, 1.82) is 0 Å². The maximum absolute atomic E-state index is 6.13. The lowest BCUT2D eigenvalue weighted by Gasteiger charge is -2.38. The molecule has 0 aromatic carbocycles. The fraction of sp³-hybridized carbons (Fsp3) is 0.800. The number of ether oxygens (including phenoxy) is 1. The molecule has 3 atom stereocenters. The number of rotatable bonds is 5. The molecule has 0 aliphatic carbocycles. The quantitative estimate of drug-likeness (QED) is 0.884.